The van der Waals surface area contributed by atoms with Crippen LogP contribution in [0.2, 0.25) is 0 Å². The number of methoxy groups -OCH3 is 1. The van der Waals surface area contributed by atoms with Gasteiger partial charge in [-0.2, -0.15) is 0 Å². The molecule has 1 amide bonds. The fourth-order valence-corrected chi connectivity index (χ4v) is 0.551. The van der Waals surface area contributed by atoms with Crippen LogP contribution >= 0.6 is 22.6 Å². The average molecular weight is 257 g/mol. The summed E-state index contributed by atoms with van der Waals surface area (Å²) in [6, 6.07) is 0. The maximum Gasteiger partial charge on any atom is 0.407 e. The lowest BCUT2D eigenvalue weighted by molar-refractivity contribution is 0.162. The number of ether oxygens (including phenoxy) is 1. The summed E-state index contributed by atoms with van der Waals surface area (Å²) in [7, 11) is 1.36. The fraction of sp³-hybridized carbons (Fsp3) is 0.833. The smallest absolute Gasteiger partial charge is 0.407 e. The van der Waals surface area contributed by atoms with Gasteiger partial charge in [-0.15, -0.1) is 0 Å². The Morgan fingerprint density at radius 2 is 2.20 bits per heavy atom. The summed E-state index contributed by atoms with van der Waals surface area (Å²) in [5.41, 5.74) is -0.173. The van der Waals surface area contributed by atoms with Crippen molar-refractivity contribution in [3.63, 3.8) is 0 Å². The molecule has 0 aliphatic carbocycles. The summed E-state index contributed by atoms with van der Waals surface area (Å²) < 4.78 is 5.30. The predicted octanol–water partition coefficient (Wildman–Crippen LogP) is 1.56. The summed E-state index contributed by atoms with van der Waals surface area (Å²) in [5, 5.41) is 2.69. The first-order valence-electron chi connectivity index (χ1n) is 2.94. The molecule has 0 bridgehead atoms. The van der Waals surface area contributed by atoms with E-state index in [-0.39, 0.29) is 11.6 Å². The van der Waals surface area contributed by atoms with Crippen molar-refractivity contribution in [2.75, 3.05) is 11.5 Å². The van der Waals surface area contributed by atoms with Crippen molar-refractivity contribution < 1.29 is 9.53 Å². The summed E-state index contributed by atoms with van der Waals surface area (Å²) in [6.45, 7) is 3.88. The molecule has 0 atom stereocenters. The van der Waals surface area contributed by atoms with Gasteiger partial charge < -0.3 is 10.1 Å². The van der Waals surface area contributed by atoms with E-state index in [4.69, 9.17) is 0 Å². The van der Waals surface area contributed by atoms with E-state index < -0.39 is 0 Å². The van der Waals surface area contributed by atoms with E-state index in [1.807, 2.05) is 13.8 Å². The molecule has 0 saturated heterocycles. The quantitative estimate of drug-likeness (QED) is 0.602. The second kappa shape index (κ2) is 4.00. The van der Waals surface area contributed by atoms with Gasteiger partial charge in [-0.25, -0.2) is 4.79 Å². The molecule has 0 aromatic carbocycles. The van der Waals surface area contributed by atoms with Gasteiger partial charge in [0.2, 0.25) is 0 Å². The Bertz CT molecular complexity index is 125. The first kappa shape index (κ1) is 10.0. The van der Waals surface area contributed by atoms with Crippen molar-refractivity contribution in [3.8, 4) is 0 Å². The van der Waals surface area contributed by atoms with Crippen LogP contribution in [0.4, 0.5) is 4.79 Å². The molecule has 0 aliphatic rings. The number of nitrogens with one attached hydrogen (secondary N) is 1. The number of alkyl halides is 1. The summed E-state index contributed by atoms with van der Waals surface area (Å²) in [6.07, 6.45) is -0.373. The van der Waals surface area contributed by atoms with E-state index in [9.17, 15) is 4.79 Å². The van der Waals surface area contributed by atoms with Crippen LogP contribution in [0.15, 0.2) is 0 Å². The SMILES string of the molecule is COC(=O)NC(C)(C)CI. The van der Waals surface area contributed by atoms with Crippen molar-refractivity contribution in [1.29, 1.82) is 0 Å². The number of hydrogen-bond donors (Lipinski definition) is 1. The third kappa shape index (κ3) is 3.92. The largest absolute Gasteiger partial charge is 0.453 e. The maximum absolute atomic E-state index is 10.6. The van der Waals surface area contributed by atoms with E-state index in [1.54, 1.807) is 0 Å². The summed E-state index contributed by atoms with van der Waals surface area (Å²) in [4.78, 5) is 10.6. The van der Waals surface area contributed by atoms with E-state index in [1.165, 1.54) is 7.11 Å². The summed E-state index contributed by atoms with van der Waals surface area (Å²) in [5.74, 6) is 0. The maximum atomic E-state index is 10.6. The molecule has 10 heavy (non-hydrogen) atoms. The zero-order valence-electron chi connectivity index (χ0n) is 6.40. The topological polar surface area (TPSA) is 38.3 Å². The van der Waals surface area contributed by atoms with Gasteiger partial charge in [0.15, 0.2) is 0 Å². The highest BCUT2D eigenvalue weighted by molar-refractivity contribution is 14.1. The Morgan fingerprint density at radius 1 is 1.70 bits per heavy atom. The number of rotatable bonds is 2. The molecular formula is C6H12INO2. The van der Waals surface area contributed by atoms with Crippen molar-refractivity contribution in [1.82, 2.24) is 5.32 Å². The van der Waals surface area contributed by atoms with Crippen LogP contribution in [0.5, 0.6) is 0 Å². The molecular weight excluding hydrogens is 245 g/mol. The van der Waals surface area contributed by atoms with Crippen molar-refractivity contribution in [3.05, 3.63) is 0 Å². The van der Waals surface area contributed by atoms with Gasteiger partial charge >= 0.3 is 6.09 Å². The minimum Gasteiger partial charge on any atom is -0.453 e. The zero-order chi connectivity index (χ0) is 8.20. The van der Waals surface area contributed by atoms with Gasteiger partial charge in [-0.1, -0.05) is 22.6 Å². The van der Waals surface area contributed by atoms with Gasteiger partial charge in [0.25, 0.3) is 0 Å². The lowest BCUT2D eigenvalue weighted by atomic mass is 10.1. The average Bonchev–Trinajstić information content (AvgIpc) is 1.87. The Balaban J connectivity index is 3.76. The van der Waals surface area contributed by atoms with Crippen LogP contribution in [0.25, 0.3) is 0 Å². The van der Waals surface area contributed by atoms with Crippen LogP contribution in [0.3, 0.4) is 0 Å². The lowest BCUT2D eigenvalue weighted by Gasteiger charge is -2.22. The van der Waals surface area contributed by atoms with Crippen LogP contribution in [-0.2, 0) is 4.74 Å². The molecule has 0 aliphatic heterocycles. The molecule has 0 aromatic rings. The molecule has 1 N–H and O–H groups in total. The number of alkyl carbamates (subject to hydrolysis) is 1. The second-order valence-electron chi connectivity index (χ2n) is 2.63. The normalized spacial score (nSPS) is 10.8. The molecule has 0 radical (unpaired) electrons. The van der Waals surface area contributed by atoms with Gasteiger partial charge in [0.1, 0.15) is 0 Å². The third-order valence-corrected chi connectivity index (χ3v) is 2.87. The van der Waals surface area contributed by atoms with Gasteiger partial charge in [0, 0.05) is 9.97 Å². The van der Waals surface area contributed by atoms with Crippen LogP contribution in [-0.4, -0.2) is 23.2 Å². The highest BCUT2D eigenvalue weighted by Gasteiger charge is 2.18. The van der Waals surface area contributed by atoms with Gasteiger partial charge in [0.05, 0.1) is 7.11 Å². The molecule has 0 heterocycles. The second-order valence-corrected chi connectivity index (χ2v) is 3.40. The number of hydrogen-bond acceptors (Lipinski definition) is 2. The number of halogens is 1. The third-order valence-electron chi connectivity index (χ3n) is 0.960. The monoisotopic (exact) mass is 257 g/mol. The molecule has 0 aromatic heterocycles. The minimum absolute atomic E-state index is 0.173. The molecule has 0 saturated carbocycles. The first-order valence-corrected chi connectivity index (χ1v) is 4.46. The highest BCUT2D eigenvalue weighted by atomic mass is 127. The molecule has 0 rings (SSSR count). The van der Waals surface area contributed by atoms with E-state index in [2.05, 4.69) is 32.6 Å². The fourth-order valence-electron chi connectivity index (χ4n) is 0.361. The van der Waals surface area contributed by atoms with Crippen LogP contribution in [0, 0.1) is 0 Å². The van der Waals surface area contributed by atoms with E-state index in [0.717, 1.165) is 4.43 Å². The first-order chi connectivity index (χ1) is 4.52. The Kier molecular flexibility index (Phi) is 4.00. The zero-order valence-corrected chi connectivity index (χ0v) is 8.56. The van der Waals surface area contributed by atoms with E-state index >= 15 is 0 Å². The molecule has 0 fully saturated rings. The predicted molar refractivity (Wildman–Crippen MR) is 48.5 cm³/mol. The summed E-state index contributed by atoms with van der Waals surface area (Å²) >= 11 is 2.21. The molecule has 4 heteroatoms. The van der Waals surface area contributed by atoms with Gasteiger partial charge in [-0.3, -0.25) is 0 Å². The standard InChI is InChI=1S/C6H12INO2/c1-6(2,4-7)8-5(9)10-3/h4H2,1-3H3,(H,8,9). The van der Waals surface area contributed by atoms with Crippen molar-refractivity contribution in [2.45, 2.75) is 19.4 Å². The highest BCUT2D eigenvalue weighted by Crippen LogP contribution is 2.05. The molecule has 3 nitrogen and oxygen atoms in total. The number of carbonyl (C=O) groups is 1. The van der Waals surface area contributed by atoms with Crippen LogP contribution in [0.1, 0.15) is 13.8 Å². The Morgan fingerprint density at radius 3 is 2.50 bits per heavy atom. The van der Waals surface area contributed by atoms with E-state index in [0.29, 0.717) is 0 Å². The minimum atomic E-state index is -0.373. The van der Waals surface area contributed by atoms with Crippen molar-refractivity contribution >= 4 is 28.7 Å². The number of amides is 1. The van der Waals surface area contributed by atoms with Crippen LogP contribution < -0.4 is 5.32 Å². The molecule has 0 spiro atoms. The lowest BCUT2D eigenvalue weighted by Crippen LogP contribution is -2.44. The van der Waals surface area contributed by atoms with Crippen molar-refractivity contribution in [2.24, 2.45) is 0 Å². The Labute approximate surface area is 74.7 Å². The number of carbonyl (C=O) groups excluding carboxylic acids is 1. The van der Waals surface area contributed by atoms with Gasteiger partial charge in [-0.05, 0) is 13.8 Å². The molecule has 60 valence electrons. The Hall–Kier alpha value is 0. The molecule has 0 unspecified atom stereocenters.